The summed E-state index contributed by atoms with van der Waals surface area (Å²) < 4.78 is 17.9. The van der Waals surface area contributed by atoms with Gasteiger partial charge in [0.05, 0.1) is 13.1 Å². The average Bonchev–Trinajstić information content (AvgIpc) is 2.28. The van der Waals surface area contributed by atoms with Gasteiger partial charge in [0.2, 0.25) is 0 Å². The molecule has 4 nitrogen and oxygen atoms in total. The van der Waals surface area contributed by atoms with Gasteiger partial charge in [-0.15, -0.1) is 0 Å². The molecule has 1 N–H and O–H groups in total. The highest BCUT2D eigenvalue weighted by Crippen LogP contribution is 2.17. The maximum Gasteiger partial charge on any atom is 0.410 e. The molecule has 2 atom stereocenters. The van der Waals surface area contributed by atoms with E-state index in [1.165, 1.54) is 4.90 Å². The van der Waals surface area contributed by atoms with E-state index in [1.807, 2.05) is 0 Å². The van der Waals surface area contributed by atoms with Gasteiger partial charge >= 0.3 is 6.09 Å². The Balaban J connectivity index is 2.48. The minimum Gasteiger partial charge on any atom is -0.444 e. The molecule has 0 spiro atoms. The van der Waals surface area contributed by atoms with Crippen molar-refractivity contribution in [3.05, 3.63) is 0 Å². The van der Waals surface area contributed by atoms with Crippen molar-refractivity contribution in [3.63, 3.8) is 0 Å². The largest absolute Gasteiger partial charge is 0.444 e. The summed E-state index contributed by atoms with van der Waals surface area (Å²) in [7, 11) is 0. The van der Waals surface area contributed by atoms with Gasteiger partial charge in [-0.05, 0) is 20.8 Å². The van der Waals surface area contributed by atoms with Crippen LogP contribution in [0.1, 0.15) is 20.8 Å². The number of alkyl halides is 1. The van der Waals surface area contributed by atoms with Crippen molar-refractivity contribution in [3.8, 4) is 0 Å². The third kappa shape index (κ3) is 2.83. The second kappa shape index (κ2) is 3.73. The van der Waals surface area contributed by atoms with Crippen LogP contribution in [0.3, 0.4) is 0 Å². The summed E-state index contributed by atoms with van der Waals surface area (Å²) in [5, 5.41) is 9.09. The molecule has 1 aliphatic heterocycles. The molecule has 1 amide bonds. The highest BCUT2D eigenvalue weighted by Gasteiger charge is 2.35. The molecule has 2 unspecified atom stereocenters. The maximum absolute atomic E-state index is 12.9. The summed E-state index contributed by atoms with van der Waals surface area (Å²) in [5.41, 5.74) is -0.587. The number of amides is 1. The summed E-state index contributed by atoms with van der Waals surface area (Å²) in [5.74, 6) is 0. The molecule has 1 heterocycles. The predicted octanol–water partition coefficient (Wildman–Crippen LogP) is 0.936. The van der Waals surface area contributed by atoms with Crippen LogP contribution < -0.4 is 0 Å². The number of rotatable bonds is 0. The first kappa shape index (κ1) is 11.2. The van der Waals surface area contributed by atoms with E-state index in [9.17, 15) is 9.18 Å². The normalized spacial score (nSPS) is 27.9. The lowest BCUT2D eigenvalue weighted by Crippen LogP contribution is -2.35. The van der Waals surface area contributed by atoms with E-state index in [-0.39, 0.29) is 13.1 Å². The van der Waals surface area contributed by atoms with Gasteiger partial charge in [0.15, 0.2) is 0 Å². The molecule has 0 saturated carbocycles. The Morgan fingerprint density at radius 3 is 2.43 bits per heavy atom. The number of hydrogen-bond donors (Lipinski definition) is 1. The highest BCUT2D eigenvalue weighted by molar-refractivity contribution is 5.68. The monoisotopic (exact) mass is 205 g/mol. The van der Waals surface area contributed by atoms with Gasteiger partial charge in [0, 0.05) is 0 Å². The van der Waals surface area contributed by atoms with E-state index in [0.717, 1.165) is 0 Å². The second-order valence-corrected chi connectivity index (χ2v) is 4.47. The number of nitrogens with zero attached hydrogens (tertiary/aromatic N) is 1. The molecule has 1 aliphatic rings. The van der Waals surface area contributed by atoms with Gasteiger partial charge in [0.25, 0.3) is 0 Å². The van der Waals surface area contributed by atoms with E-state index in [0.29, 0.717) is 0 Å². The minimum atomic E-state index is -1.36. The number of halogens is 1. The van der Waals surface area contributed by atoms with Gasteiger partial charge in [-0.2, -0.15) is 0 Å². The van der Waals surface area contributed by atoms with Crippen molar-refractivity contribution in [1.29, 1.82) is 0 Å². The molecule has 0 bridgehead atoms. The van der Waals surface area contributed by atoms with Crippen LogP contribution >= 0.6 is 0 Å². The van der Waals surface area contributed by atoms with E-state index in [2.05, 4.69) is 0 Å². The maximum atomic E-state index is 12.9. The van der Waals surface area contributed by atoms with E-state index >= 15 is 0 Å². The molecule has 1 rings (SSSR count). The molecule has 82 valence electrons. The Morgan fingerprint density at radius 1 is 1.50 bits per heavy atom. The van der Waals surface area contributed by atoms with Crippen molar-refractivity contribution < 1.29 is 19.0 Å². The van der Waals surface area contributed by atoms with Gasteiger partial charge in [-0.3, -0.25) is 0 Å². The van der Waals surface area contributed by atoms with Crippen LogP contribution in [0.2, 0.25) is 0 Å². The summed E-state index contributed by atoms with van der Waals surface area (Å²) in [6.07, 6.45) is -3.01. The summed E-state index contributed by atoms with van der Waals surface area (Å²) in [6.45, 7) is 5.14. The Morgan fingerprint density at radius 2 is 2.07 bits per heavy atom. The second-order valence-electron chi connectivity index (χ2n) is 4.47. The number of aliphatic hydroxyl groups is 1. The first-order chi connectivity index (χ1) is 6.29. The zero-order valence-corrected chi connectivity index (χ0v) is 8.66. The van der Waals surface area contributed by atoms with Crippen molar-refractivity contribution in [2.24, 2.45) is 0 Å². The molecule has 0 aromatic carbocycles. The topological polar surface area (TPSA) is 49.8 Å². The van der Waals surface area contributed by atoms with Crippen molar-refractivity contribution >= 4 is 6.09 Å². The fourth-order valence-electron chi connectivity index (χ4n) is 1.22. The zero-order chi connectivity index (χ0) is 10.9. The Bertz CT molecular complexity index is 217. The first-order valence-electron chi connectivity index (χ1n) is 4.59. The lowest BCUT2D eigenvalue weighted by Gasteiger charge is -2.23. The molecule has 0 aromatic heterocycles. The smallest absolute Gasteiger partial charge is 0.410 e. The molecular weight excluding hydrogens is 189 g/mol. The molecule has 1 fully saturated rings. The Labute approximate surface area is 82.6 Å². The predicted molar refractivity (Wildman–Crippen MR) is 48.7 cm³/mol. The van der Waals surface area contributed by atoms with Crippen molar-refractivity contribution in [2.45, 2.75) is 38.6 Å². The van der Waals surface area contributed by atoms with Crippen LogP contribution in [0.5, 0.6) is 0 Å². The van der Waals surface area contributed by atoms with Crippen molar-refractivity contribution in [1.82, 2.24) is 4.90 Å². The lowest BCUT2D eigenvalue weighted by atomic mass is 10.2. The molecule has 5 heteroatoms. The summed E-state index contributed by atoms with van der Waals surface area (Å²) >= 11 is 0. The molecule has 14 heavy (non-hydrogen) atoms. The third-order valence-electron chi connectivity index (χ3n) is 1.87. The molecule has 1 saturated heterocycles. The first-order valence-corrected chi connectivity index (χ1v) is 4.59. The fourth-order valence-corrected chi connectivity index (χ4v) is 1.22. The van der Waals surface area contributed by atoms with Gasteiger partial charge in [-0.25, -0.2) is 9.18 Å². The van der Waals surface area contributed by atoms with E-state index in [4.69, 9.17) is 9.84 Å². The zero-order valence-electron chi connectivity index (χ0n) is 8.66. The van der Waals surface area contributed by atoms with Crippen LogP contribution in [-0.4, -0.2) is 47.1 Å². The van der Waals surface area contributed by atoms with Gasteiger partial charge in [0.1, 0.15) is 17.9 Å². The lowest BCUT2D eigenvalue weighted by molar-refractivity contribution is 0.0269. The number of hydrogen-bond acceptors (Lipinski definition) is 3. The molecule has 0 aromatic rings. The molecule has 0 radical (unpaired) electrons. The third-order valence-corrected chi connectivity index (χ3v) is 1.87. The average molecular weight is 205 g/mol. The molecular formula is C9H16FNO3. The SMILES string of the molecule is CC(C)(C)OC(=O)N1CC(O)C(F)C1. The number of aliphatic hydroxyl groups excluding tert-OH is 1. The van der Waals surface area contributed by atoms with Crippen LogP contribution in [0.25, 0.3) is 0 Å². The van der Waals surface area contributed by atoms with Crippen LogP contribution in [0.4, 0.5) is 9.18 Å². The number of likely N-dealkylation sites (tertiary alicyclic amines) is 1. The Kier molecular flexibility index (Phi) is 2.99. The summed E-state index contributed by atoms with van der Waals surface area (Å²) in [4.78, 5) is 12.6. The number of β-amino-alcohol motifs (C(OH)–C–C–N with tert-alkyl or cyclic N) is 1. The Hall–Kier alpha value is -0.840. The number of ether oxygens (including phenoxy) is 1. The highest BCUT2D eigenvalue weighted by atomic mass is 19.1. The van der Waals surface area contributed by atoms with Crippen LogP contribution in [0.15, 0.2) is 0 Å². The van der Waals surface area contributed by atoms with E-state index in [1.54, 1.807) is 20.8 Å². The number of carbonyl (C=O) groups excluding carboxylic acids is 1. The van der Waals surface area contributed by atoms with E-state index < -0.39 is 24.0 Å². The standard InChI is InChI=1S/C9H16FNO3/c1-9(2,3)14-8(13)11-4-6(10)7(12)5-11/h6-7,12H,4-5H2,1-3H3. The van der Waals surface area contributed by atoms with Gasteiger partial charge in [-0.1, -0.05) is 0 Å². The van der Waals surface area contributed by atoms with Crippen LogP contribution in [0, 0.1) is 0 Å². The van der Waals surface area contributed by atoms with Crippen LogP contribution in [-0.2, 0) is 4.74 Å². The quantitative estimate of drug-likeness (QED) is 0.640. The number of carbonyl (C=O) groups is 1. The van der Waals surface area contributed by atoms with Crippen molar-refractivity contribution in [2.75, 3.05) is 13.1 Å². The fraction of sp³-hybridized carbons (Fsp3) is 0.889. The molecule has 0 aliphatic carbocycles. The minimum absolute atomic E-state index is 0.0100. The van der Waals surface area contributed by atoms with Gasteiger partial charge < -0.3 is 14.7 Å². The summed E-state index contributed by atoms with van der Waals surface area (Å²) in [6, 6.07) is 0.